The van der Waals surface area contributed by atoms with E-state index in [1.807, 2.05) is 19.2 Å². The fraction of sp³-hybridized carbons (Fsp3) is 0.538. The van der Waals surface area contributed by atoms with Gasteiger partial charge in [-0.1, -0.05) is 12.1 Å². The third-order valence-electron chi connectivity index (χ3n) is 2.80. The molecule has 90 valence electrons. The molecule has 0 radical (unpaired) electrons. The number of aryl methyl sites for hydroxylation is 1. The van der Waals surface area contributed by atoms with Crippen LogP contribution < -0.4 is 10.6 Å². The van der Waals surface area contributed by atoms with Crippen molar-refractivity contribution in [2.45, 2.75) is 32.9 Å². The van der Waals surface area contributed by atoms with Crippen LogP contribution in [0.5, 0.6) is 0 Å². The molecule has 1 aromatic carbocycles. The zero-order valence-electron chi connectivity index (χ0n) is 10.5. The zero-order valence-corrected chi connectivity index (χ0v) is 10.5. The second-order valence-corrected chi connectivity index (χ2v) is 4.82. The average molecular weight is 224 g/mol. The topological polar surface area (TPSA) is 24.1 Å². The molecule has 0 saturated heterocycles. The first kappa shape index (κ1) is 13.1. The first-order valence-corrected chi connectivity index (χ1v) is 5.59. The molecular formula is C13H21FN2. The molecule has 0 heterocycles. The van der Waals surface area contributed by atoms with Gasteiger partial charge in [-0.3, -0.25) is 0 Å². The van der Waals surface area contributed by atoms with Crippen LogP contribution in [0.2, 0.25) is 0 Å². The van der Waals surface area contributed by atoms with Gasteiger partial charge in [0.15, 0.2) is 0 Å². The van der Waals surface area contributed by atoms with Gasteiger partial charge in [0.2, 0.25) is 0 Å². The third kappa shape index (κ3) is 3.91. The molecule has 0 aliphatic heterocycles. The maximum atomic E-state index is 13.0. The van der Waals surface area contributed by atoms with Crippen LogP contribution in [0, 0.1) is 12.7 Å². The molecule has 1 rings (SSSR count). The van der Waals surface area contributed by atoms with Gasteiger partial charge in [-0.15, -0.1) is 0 Å². The molecule has 16 heavy (non-hydrogen) atoms. The summed E-state index contributed by atoms with van der Waals surface area (Å²) >= 11 is 0. The fourth-order valence-corrected chi connectivity index (χ4v) is 1.42. The lowest BCUT2D eigenvalue weighted by molar-refractivity contribution is 0.393. The minimum Gasteiger partial charge on any atom is -0.314 e. The van der Waals surface area contributed by atoms with Crippen molar-refractivity contribution >= 4 is 0 Å². The molecule has 0 amide bonds. The molecular weight excluding hydrogens is 203 g/mol. The van der Waals surface area contributed by atoms with Crippen molar-refractivity contribution in [3.8, 4) is 0 Å². The Morgan fingerprint density at radius 3 is 2.56 bits per heavy atom. The van der Waals surface area contributed by atoms with Gasteiger partial charge >= 0.3 is 0 Å². The summed E-state index contributed by atoms with van der Waals surface area (Å²) in [5.74, 6) is -0.140. The molecule has 0 aliphatic rings. The van der Waals surface area contributed by atoms with E-state index >= 15 is 0 Å². The first-order valence-electron chi connectivity index (χ1n) is 5.59. The van der Waals surface area contributed by atoms with Crippen LogP contribution in [0.1, 0.15) is 25.0 Å². The van der Waals surface area contributed by atoms with Crippen LogP contribution in [0.3, 0.4) is 0 Å². The highest BCUT2D eigenvalue weighted by Gasteiger charge is 2.13. The van der Waals surface area contributed by atoms with Crippen molar-refractivity contribution < 1.29 is 4.39 Å². The lowest BCUT2D eigenvalue weighted by Crippen LogP contribution is -2.45. The number of hydrogen-bond donors (Lipinski definition) is 2. The maximum Gasteiger partial charge on any atom is 0.126 e. The Bertz CT molecular complexity index is 348. The SMILES string of the molecule is CNC(C)(C)CNCc1ccc(F)c(C)c1. The monoisotopic (exact) mass is 224 g/mol. The van der Waals surface area contributed by atoms with Crippen LogP contribution >= 0.6 is 0 Å². The van der Waals surface area contributed by atoms with Crippen LogP contribution in [-0.2, 0) is 6.54 Å². The third-order valence-corrected chi connectivity index (χ3v) is 2.80. The van der Waals surface area contributed by atoms with Gasteiger partial charge in [0.05, 0.1) is 0 Å². The Kier molecular flexibility index (Phi) is 4.44. The summed E-state index contributed by atoms with van der Waals surface area (Å²) in [5.41, 5.74) is 1.90. The predicted octanol–water partition coefficient (Wildman–Crippen LogP) is 2.22. The summed E-state index contributed by atoms with van der Waals surface area (Å²) in [6.07, 6.45) is 0. The maximum absolute atomic E-state index is 13.0. The second-order valence-electron chi connectivity index (χ2n) is 4.82. The van der Waals surface area contributed by atoms with Gasteiger partial charge in [0.25, 0.3) is 0 Å². The largest absolute Gasteiger partial charge is 0.314 e. The number of benzene rings is 1. The lowest BCUT2D eigenvalue weighted by Gasteiger charge is -2.24. The average Bonchev–Trinajstić information content (AvgIpc) is 2.23. The molecule has 3 heteroatoms. The summed E-state index contributed by atoms with van der Waals surface area (Å²) in [5, 5.41) is 6.58. The Balaban J connectivity index is 2.46. The molecule has 0 aromatic heterocycles. The van der Waals surface area contributed by atoms with E-state index in [4.69, 9.17) is 0 Å². The smallest absolute Gasteiger partial charge is 0.126 e. The first-order chi connectivity index (χ1) is 7.44. The molecule has 0 atom stereocenters. The molecule has 0 bridgehead atoms. The molecule has 0 aliphatic carbocycles. The summed E-state index contributed by atoms with van der Waals surface area (Å²) in [4.78, 5) is 0. The highest BCUT2D eigenvalue weighted by atomic mass is 19.1. The predicted molar refractivity (Wildman–Crippen MR) is 66.0 cm³/mol. The summed E-state index contributed by atoms with van der Waals surface area (Å²) in [6.45, 7) is 7.70. The van der Waals surface area contributed by atoms with E-state index in [-0.39, 0.29) is 11.4 Å². The van der Waals surface area contributed by atoms with E-state index < -0.39 is 0 Å². The van der Waals surface area contributed by atoms with Gasteiger partial charge in [-0.05, 0) is 45.0 Å². The lowest BCUT2D eigenvalue weighted by atomic mass is 10.1. The van der Waals surface area contributed by atoms with Crippen LogP contribution in [-0.4, -0.2) is 19.1 Å². The van der Waals surface area contributed by atoms with Crippen molar-refractivity contribution in [3.63, 3.8) is 0 Å². The van der Waals surface area contributed by atoms with Crippen LogP contribution in [0.25, 0.3) is 0 Å². The summed E-state index contributed by atoms with van der Waals surface area (Å²) < 4.78 is 13.0. The van der Waals surface area contributed by atoms with E-state index in [2.05, 4.69) is 24.5 Å². The number of likely N-dealkylation sites (N-methyl/N-ethyl adjacent to an activating group) is 1. The molecule has 0 saturated carbocycles. The Morgan fingerprint density at radius 2 is 2.00 bits per heavy atom. The van der Waals surface area contributed by atoms with E-state index in [9.17, 15) is 4.39 Å². The normalized spacial score (nSPS) is 11.8. The number of nitrogens with one attached hydrogen (secondary N) is 2. The minimum atomic E-state index is -0.140. The minimum absolute atomic E-state index is 0.0784. The van der Waals surface area contributed by atoms with Crippen molar-refractivity contribution in [2.24, 2.45) is 0 Å². The highest BCUT2D eigenvalue weighted by Crippen LogP contribution is 2.09. The van der Waals surface area contributed by atoms with E-state index in [1.54, 1.807) is 6.92 Å². The molecule has 0 unspecified atom stereocenters. The van der Waals surface area contributed by atoms with Crippen molar-refractivity contribution in [1.82, 2.24) is 10.6 Å². The van der Waals surface area contributed by atoms with Gasteiger partial charge in [-0.25, -0.2) is 4.39 Å². The van der Waals surface area contributed by atoms with Gasteiger partial charge in [0, 0.05) is 18.6 Å². The van der Waals surface area contributed by atoms with Crippen molar-refractivity contribution in [2.75, 3.05) is 13.6 Å². The van der Waals surface area contributed by atoms with Crippen molar-refractivity contribution in [3.05, 3.63) is 35.1 Å². The van der Waals surface area contributed by atoms with Crippen LogP contribution in [0.15, 0.2) is 18.2 Å². The van der Waals surface area contributed by atoms with E-state index in [0.717, 1.165) is 18.7 Å². The molecule has 1 aromatic rings. The quantitative estimate of drug-likeness (QED) is 0.801. The van der Waals surface area contributed by atoms with E-state index in [1.165, 1.54) is 6.07 Å². The van der Waals surface area contributed by atoms with Crippen molar-refractivity contribution in [1.29, 1.82) is 0 Å². The molecule has 0 spiro atoms. The van der Waals surface area contributed by atoms with E-state index in [0.29, 0.717) is 5.56 Å². The van der Waals surface area contributed by atoms with Crippen LogP contribution in [0.4, 0.5) is 4.39 Å². The Hall–Kier alpha value is -0.930. The number of hydrogen-bond acceptors (Lipinski definition) is 2. The number of rotatable bonds is 5. The standard InChI is InChI=1S/C13H21FN2/c1-10-7-11(5-6-12(10)14)8-16-9-13(2,3)15-4/h5-7,15-16H,8-9H2,1-4H3. The zero-order chi connectivity index (χ0) is 12.2. The summed E-state index contributed by atoms with van der Waals surface area (Å²) in [7, 11) is 1.95. The van der Waals surface area contributed by atoms with Gasteiger partial charge < -0.3 is 10.6 Å². The Morgan fingerprint density at radius 1 is 1.31 bits per heavy atom. The molecule has 2 N–H and O–H groups in total. The highest BCUT2D eigenvalue weighted by molar-refractivity contribution is 5.23. The second kappa shape index (κ2) is 5.41. The fourth-order valence-electron chi connectivity index (χ4n) is 1.42. The van der Waals surface area contributed by atoms with Gasteiger partial charge in [0.1, 0.15) is 5.82 Å². The molecule has 2 nitrogen and oxygen atoms in total. The Labute approximate surface area is 97.3 Å². The van der Waals surface area contributed by atoms with Gasteiger partial charge in [-0.2, -0.15) is 0 Å². The number of halogens is 1. The summed E-state index contributed by atoms with van der Waals surface area (Å²) in [6, 6.07) is 5.23. The molecule has 0 fully saturated rings.